The molecule has 1 heteroatoms. The van der Waals surface area contributed by atoms with Crippen molar-refractivity contribution in [2.24, 2.45) is 22.7 Å². The summed E-state index contributed by atoms with van der Waals surface area (Å²) in [5.74, 6) is 2.17. The monoisotopic (exact) mass is 189 g/mol. The minimum atomic E-state index is 0.626. The van der Waals surface area contributed by atoms with Crippen molar-refractivity contribution in [2.45, 2.75) is 33.1 Å². The summed E-state index contributed by atoms with van der Waals surface area (Å²) < 4.78 is 0. The average molecular weight is 189 g/mol. The highest BCUT2D eigenvalue weighted by molar-refractivity contribution is 5.64. The largest absolute Gasteiger partial charge is 0.210 e. The van der Waals surface area contributed by atoms with E-state index in [1.807, 2.05) is 6.21 Å². The van der Waals surface area contributed by atoms with Crippen molar-refractivity contribution in [3.63, 3.8) is 0 Å². The van der Waals surface area contributed by atoms with Crippen molar-refractivity contribution in [2.75, 3.05) is 0 Å². The van der Waals surface area contributed by atoms with E-state index in [-0.39, 0.29) is 0 Å². The van der Waals surface area contributed by atoms with E-state index in [0.717, 1.165) is 11.8 Å². The van der Waals surface area contributed by atoms with E-state index in [0.29, 0.717) is 5.92 Å². The smallest absolute Gasteiger partial charge is 0.0298 e. The molecule has 0 aromatic rings. The zero-order valence-corrected chi connectivity index (χ0v) is 9.11. The maximum atomic E-state index is 5.04. The van der Waals surface area contributed by atoms with Gasteiger partial charge in [0, 0.05) is 18.2 Å². The van der Waals surface area contributed by atoms with Gasteiger partial charge in [0.25, 0.3) is 0 Å². The van der Waals surface area contributed by atoms with Crippen LogP contribution in [-0.2, 0) is 0 Å². The van der Waals surface area contributed by atoms with E-state index in [1.54, 1.807) is 0 Å². The molecule has 0 aromatic heterocycles. The summed E-state index contributed by atoms with van der Waals surface area (Å²) in [6, 6.07) is 2.30. The quantitative estimate of drug-likeness (QED) is 0.341. The summed E-state index contributed by atoms with van der Waals surface area (Å²) >= 11 is 0. The average Bonchev–Trinajstić information content (AvgIpc) is 2.77. The maximum absolute atomic E-state index is 5.04. The molecule has 2 unspecified atom stereocenters. The second-order valence-electron chi connectivity index (χ2n) is 4.06. The molecule has 0 heterocycles. The fraction of sp³-hybridized carbons (Fsp3) is 0.615. The first-order valence-electron chi connectivity index (χ1n) is 5.48. The maximum Gasteiger partial charge on any atom is 0.0298 e. The number of allylic oxidation sites excluding steroid dienone is 2. The van der Waals surface area contributed by atoms with Gasteiger partial charge in [-0.25, -0.2) is 4.99 Å². The van der Waals surface area contributed by atoms with Crippen LogP contribution >= 0.6 is 0 Å². The van der Waals surface area contributed by atoms with Crippen molar-refractivity contribution in [1.29, 1.82) is 0 Å². The molecule has 2 aliphatic rings. The van der Waals surface area contributed by atoms with E-state index in [9.17, 15) is 0 Å². The Hall–Kier alpha value is -1.03. The number of hydrogen-bond acceptors (Lipinski definition) is 1. The Labute approximate surface area is 87.3 Å². The first-order valence-corrected chi connectivity index (χ1v) is 5.48. The second-order valence-corrected chi connectivity index (χ2v) is 4.06. The summed E-state index contributed by atoms with van der Waals surface area (Å²) in [4.78, 5) is 3.84. The van der Waals surface area contributed by atoms with Crippen LogP contribution in [0.4, 0.5) is 0 Å². The van der Waals surface area contributed by atoms with Gasteiger partial charge in [0.15, 0.2) is 0 Å². The van der Waals surface area contributed by atoms with Gasteiger partial charge in [0.05, 0.1) is 0 Å². The van der Waals surface area contributed by atoms with Crippen LogP contribution in [0.3, 0.4) is 0 Å². The van der Waals surface area contributed by atoms with Gasteiger partial charge in [0.2, 0.25) is 0 Å². The summed E-state index contributed by atoms with van der Waals surface area (Å²) in [7, 11) is 0. The SMILES string of the molecule is C#CN=C[C@@H]1CC2C=CC1C2.CCC. The molecule has 0 spiro atoms. The molecule has 0 N–H and O–H groups in total. The minimum absolute atomic E-state index is 0.626. The Balaban J connectivity index is 0.000000293. The lowest BCUT2D eigenvalue weighted by Crippen LogP contribution is -2.07. The van der Waals surface area contributed by atoms with Crippen molar-refractivity contribution < 1.29 is 0 Å². The molecule has 76 valence electrons. The van der Waals surface area contributed by atoms with Crippen molar-refractivity contribution >= 4 is 6.21 Å². The van der Waals surface area contributed by atoms with Gasteiger partial charge in [-0.2, -0.15) is 0 Å². The van der Waals surface area contributed by atoms with Gasteiger partial charge in [-0.15, -0.1) is 0 Å². The lowest BCUT2D eigenvalue weighted by atomic mass is 9.95. The molecular weight excluding hydrogens is 170 g/mol. The molecule has 0 aromatic carbocycles. The first-order chi connectivity index (χ1) is 6.81. The molecule has 3 atom stereocenters. The highest BCUT2D eigenvalue weighted by Gasteiger charge is 2.34. The molecule has 1 saturated carbocycles. The highest BCUT2D eigenvalue weighted by Crippen LogP contribution is 2.42. The van der Waals surface area contributed by atoms with Crippen LogP contribution in [0.2, 0.25) is 0 Å². The molecule has 14 heavy (non-hydrogen) atoms. The predicted octanol–water partition coefficient (Wildman–Crippen LogP) is 3.28. The van der Waals surface area contributed by atoms with E-state index >= 15 is 0 Å². The summed E-state index contributed by atoms with van der Waals surface area (Å²) in [6.45, 7) is 4.25. The van der Waals surface area contributed by atoms with Crippen LogP contribution in [0.5, 0.6) is 0 Å². The van der Waals surface area contributed by atoms with Crippen LogP contribution in [0.15, 0.2) is 17.1 Å². The Morgan fingerprint density at radius 2 is 2.14 bits per heavy atom. The zero-order chi connectivity index (χ0) is 10.4. The van der Waals surface area contributed by atoms with Gasteiger partial charge in [-0.05, 0) is 24.7 Å². The number of fused-ring (bicyclic) bond motifs is 2. The Morgan fingerprint density at radius 1 is 1.43 bits per heavy atom. The minimum Gasteiger partial charge on any atom is -0.210 e. The van der Waals surface area contributed by atoms with E-state index in [1.165, 1.54) is 19.3 Å². The summed E-state index contributed by atoms with van der Waals surface area (Å²) in [5.41, 5.74) is 0. The fourth-order valence-corrected chi connectivity index (χ4v) is 2.13. The van der Waals surface area contributed by atoms with Crippen LogP contribution in [0.1, 0.15) is 33.1 Å². The molecule has 2 aliphatic carbocycles. The Kier molecular flexibility index (Phi) is 4.46. The van der Waals surface area contributed by atoms with E-state index in [4.69, 9.17) is 6.42 Å². The first kappa shape index (κ1) is 11.0. The molecule has 0 saturated heterocycles. The molecular formula is C13H19N. The highest BCUT2D eigenvalue weighted by atomic mass is 14.7. The fourth-order valence-electron chi connectivity index (χ4n) is 2.13. The second kappa shape index (κ2) is 5.65. The summed E-state index contributed by atoms with van der Waals surface area (Å²) in [5, 5.41) is 0. The third-order valence-corrected chi connectivity index (χ3v) is 2.67. The number of terminal acetylenes is 1. The molecule has 1 nitrogen and oxygen atoms in total. The van der Waals surface area contributed by atoms with Crippen molar-refractivity contribution in [3.05, 3.63) is 12.2 Å². The number of hydrogen-bond donors (Lipinski definition) is 0. The lowest BCUT2D eigenvalue weighted by Gasteiger charge is -2.10. The van der Waals surface area contributed by atoms with Crippen molar-refractivity contribution in [1.82, 2.24) is 0 Å². The number of aliphatic imine (C=N–C) groups is 1. The van der Waals surface area contributed by atoms with Crippen molar-refractivity contribution in [3.8, 4) is 12.5 Å². The van der Waals surface area contributed by atoms with Gasteiger partial charge in [0.1, 0.15) is 0 Å². The standard InChI is InChI=1S/C10H11N.C3H8/c1-2-11-7-10-6-8-3-4-9(10)5-8;1-3-2/h1,3-4,7-10H,5-6H2;3H2,1-2H3/t8?,9?,10-;/m0./s1. The molecule has 0 radical (unpaired) electrons. The van der Waals surface area contributed by atoms with E-state index < -0.39 is 0 Å². The van der Waals surface area contributed by atoms with Crippen LogP contribution in [0.25, 0.3) is 0 Å². The molecule has 2 rings (SSSR count). The molecule has 0 amide bonds. The van der Waals surface area contributed by atoms with E-state index in [2.05, 4.69) is 37.0 Å². The normalized spacial score (nSPS) is 32.8. The van der Waals surface area contributed by atoms with Gasteiger partial charge in [-0.3, -0.25) is 0 Å². The molecule has 2 bridgehead atoms. The van der Waals surface area contributed by atoms with Gasteiger partial charge >= 0.3 is 0 Å². The third-order valence-electron chi connectivity index (χ3n) is 2.67. The summed E-state index contributed by atoms with van der Waals surface area (Å²) in [6.07, 6.45) is 15.4. The Bertz CT molecular complexity index is 257. The van der Waals surface area contributed by atoms with Crippen LogP contribution in [0, 0.1) is 30.2 Å². The molecule has 0 aliphatic heterocycles. The number of rotatable bonds is 1. The Morgan fingerprint density at radius 3 is 2.57 bits per heavy atom. The topological polar surface area (TPSA) is 12.4 Å². The predicted molar refractivity (Wildman–Crippen MR) is 62.1 cm³/mol. The van der Waals surface area contributed by atoms with Gasteiger partial charge in [-0.1, -0.05) is 38.8 Å². The third kappa shape index (κ3) is 2.73. The molecule has 1 fully saturated rings. The zero-order valence-electron chi connectivity index (χ0n) is 9.11. The van der Waals surface area contributed by atoms with Crippen LogP contribution < -0.4 is 0 Å². The van der Waals surface area contributed by atoms with Gasteiger partial charge < -0.3 is 0 Å². The van der Waals surface area contributed by atoms with Crippen LogP contribution in [-0.4, -0.2) is 6.21 Å². The number of nitrogens with zero attached hydrogens (tertiary/aromatic N) is 1. The lowest BCUT2D eigenvalue weighted by molar-refractivity contribution is 0.595.